The first-order chi connectivity index (χ1) is 12.0. The van der Waals surface area contributed by atoms with Crippen LogP contribution in [0.2, 0.25) is 15.1 Å². The number of carbonyl (C=O) groups excluding carboxylic acids is 1. The Morgan fingerprint density at radius 3 is 2.48 bits per heavy atom. The summed E-state index contributed by atoms with van der Waals surface area (Å²) in [4.78, 5) is 20.6. The van der Waals surface area contributed by atoms with Crippen molar-refractivity contribution in [2.45, 2.75) is 0 Å². The summed E-state index contributed by atoms with van der Waals surface area (Å²) < 4.78 is 0. The van der Waals surface area contributed by atoms with Gasteiger partial charge in [-0.3, -0.25) is 4.79 Å². The molecule has 2 aromatic carbocycles. The number of para-hydroxylation sites is 1. The van der Waals surface area contributed by atoms with E-state index in [1.54, 1.807) is 42.5 Å². The lowest BCUT2D eigenvalue weighted by atomic mass is 10.3. The van der Waals surface area contributed by atoms with Crippen LogP contribution >= 0.6 is 34.8 Å². The Bertz CT molecular complexity index is 933. The zero-order chi connectivity index (χ0) is 17.8. The Kier molecular flexibility index (Phi) is 5.38. The molecule has 0 radical (unpaired) electrons. The molecule has 0 fully saturated rings. The third-order valence-corrected chi connectivity index (χ3v) is 4.07. The Labute approximate surface area is 159 Å². The summed E-state index contributed by atoms with van der Waals surface area (Å²) in [6.07, 6.45) is 1.47. The van der Waals surface area contributed by atoms with E-state index in [1.165, 1.54) is 12.3 Å². The molecule has 5 nitrogen and oxygen atoms in total. The summed E-state index contributed by atoms with van der Waals surface area (Å²) in [6, 6.07) is 13.4. The predicted molar refractivity (Wildman–Crippen MR) is 101 cm³/mol. The number of nitrogens with zero attached hydrogens (tertiary/aromatic N) is 2. The van der Waals surface area contributed by atoms with Crippen molar-refractivity contribution >= 4 is 58.0 Å². The number of aromatic nitrogens is 2. The minimum Gasteiger partial charge on any atom is -0.323 e. The third kappa shape index (κ3) is 4.39. The van der Waals surface area contributed by atoms with Crippen molar-refractivity contribution in [3.8, 4) is 0 Å². The minimum atomic E-state index is -0.402. The molecule has 0 atom stereocenters. The van der Waals surface area contributed by atoms with Gasteiger partial charge in [-0.05, 0) is 36.4 Å². The average Bonchev–Trinajstić information content (AvgIpc) is 2.60. The highest BCUT2D eigenvalue weighted by Gasteiger charge is 2.11. The normalized spacial score (nSPS) is 10.4. The first-order valence-electron chi connectivity index (χ1n) is 7.14. The van der Waals surface area contributed by atoms with Crippen molar-refractivity contribution in [2.24, 2.45) is 0 Å². The molecule has 0 aliphatic rings. The second-order valence-corrected chi connectivity index (χ2v) is 6.20. The summed E-state index contributed by atoms with van der Waals surface area (Å²) in [7, 11) is 0. The zero-order valence-corrected chi connectivity index (χ0v) is 14.9. The van der Waals surface area contributed by atoms with Gasteiger partial charge in [0, 0.05) is 11.2 Å². The number of hydrogen-bond acceptors (Lipinski definition) is 4. The van der Waals surface area contributed by atoms with Gasteiger partial charge >= 0.3 is 0 Å². The lowest BCUT2D eigenvalue weighted by molar-refractivity contribution is 0.102. The number of hydrogen-bond donors (Lipinski definition) is 2. The second kappa shape index (κ2) is 7.70. The molecule has 0 bridgehead atoms. The molecule has 2 N–H and O–H groups in total. The van der Waals surface area contributed by atoms with Crippen molar-refractivity contribution in [2.75, 3.05) is 10.6 Å². The van der Waals surface area contributed by atoms with E-state index in [1.807, 2.05) is 0 Å². The van der Waals surface area contributed by atoms with Crippen molar-refractivity contribution in [1.82, 2.24) is 9.97 Å². The van der Waals surface area contributed by atoms with Gasteiger partial charge in [-0.15, -0.1) is 0 Å². The summed E-state index contributed by atoms with van der Waals surface area (Å²) in [5, 5.41) is 7.03. The highest BCUT2D eigenvalue weighted by atomic mass is 35.5. The maximum Gasteiger partial charge on any atom is 0.274 e. The number of halogens is 3. The van der Waals surface area contributed by atoms with Crippen molar-refractivity contribution in [3.05, 3.63) is 75.5 Å². The number of amides is 1. The van der Waals surface area contributed by atoms with Crippen LogP contribution in [0.4, 0.5) is 17.3 Å². The SMILES string of the molecule is O=C(Nc1ccccc1Cl)c1ccnc(Nc2ccc(Cl)cc2Cl)n1. The van der Waals surface area contributed by atoms with E-state index >= 15 is 0 Å². The van der Waals surface area contributed by atoms with Crippen LogP contribution in [0.3, 0.4) is 0 Å². The molecule has 3 rings (SSSR count). The van der Waals surface area contributed by atoms with Crippen LogP contribution < -0.4 is 10.6 Å². The fraction of sp³-hybridized carbons (Fsp3) is 0. The molecule has 1 aromatic heterocycles. The molecule has 0 aliphatic heterocycles. The van der Waals surface area contributed by atoms with Gasteiger partial charge < -0.3 is 10.6 Å². The van der Waals surface area contributed by atoms with E-state index in [2.05, 4.69) is 20.6 Å². The monoisotopic (exact) mass is 392 g/mol. The standard InChI is InChI=1S/C17H11Cl3N4O/c18-10-5-6-14(12(20)9-10)23-17-21-8-7-15(24-17)16(25)22-13-4-2-1-3-11(13)19/h1-9H,(H,22,25)(H,21,23,24). The van der Waals surface area contributed by atoms with Gasteiger partial charge in [-0.1, -0.05) is 46.9 Å². The van der Waals surface area contributed by atoms with Crippen molar-refractivity contribution in [1.29, 1.82) is 0 Å². The molecular formula is C17H11Cl3N4O. The van der Waals surface area contributed by atoms with Crippen molar-refractivity contribution in [3.63, 3.8) is 0 Å². The summed E-state index contributed by atoms with van der Waals surface area (Å²) in [6.45, 7) is 0. The highest BCUT2D eigenvalue weighted by molar-refractivity contribution is 6.36. The maximum atomic E-state index is 12.4. The molecule has 0 unspecified atom stereocenters. The van der Waals surface area contributed by atoms with Gasteiger partial charge in [0.2, 0.25) is 5.95 Å². The maximum absolute atomic E-state index is 12.4. The molecule has 0 aliphatic carbocycles. The lowest BCUT2D eigenvalue weighted by Crippen LogP contribution is -2.15. The van der Waals surface area contributed by atoms with Crippen LogP contribution in [0.5, 0.6) is 0 Å². The second-order valence-electron chi connectivity index (χ2n) is 4.95. The zero-order valence-electron chi connectivity index (χ0n) is 12.6. The largest absolute Gasteiger partial charge is 0.323 e. The van der Waals surface area contributed by atoms with Gasteiger partial charge in [0.1, 0.15) is 5.69 Å². The van der Waals surface area contributed by atoms with Crippen LogP contribution in [-0.4, -0.2) is 15.9 Å². The summed E-state index contributed by atoms with van der Waals surface area (Å²) >= 11 is 18.0. The number of rotatable bonds is 4. The smallest absolute Gasteiger partial charge is 0.274 e. The topological polar surface area (TPSA) is 66.9 Å². The molecular weight excluding hydrogens is 383 g/mol. The quantitative estimate of drug-likeness (QED) is 0.620. The molecule has 0 spiro atoms. The van der Waals surface area contributed by atoms with Crippen LogP contribution in [0, 0.1) is 0 Å². The highest BCUT2D eigenvalue weighted by Crippen LogP contribution is 2.27. The fourth-order valence-electron chi connectivity index (χ4n) is 2.01. The number of nitrogens with one attached hydrogen (secondary N) is 2. The van der Waals surface area contributed by atoms with E-state index in [-0.39, 0.29) is 11.6 Å². The fourth-order valence-corrected chi connectivity index (χ4v) is 2.64. The molecule has 1 heterocycles. The van der Waals surface area contributed by atoms with Crippen LogP contribution in [0.1, 0.15) is 10.5 Å². The number of anilines is 3. The Hall–Kier alpha value is -2.34. The molecule has 8 heteroatoms. The molecule has 0 saturated heterocycles. The number of carbonyl (C=O) groups is 1. The third-order valence-electron chi connectivity index (χ3n) is 3.19. The van der Waals surface area contributed by atoms with Crippen LogP contribution in [-0.2, 0) is 0 Å². The lowest BCUT2D eigenvalue weighted by Gasteiger charge is -2.09. The average molecular weight is 394 g/mol. The Balaban J connectivity index is 1.79. The minimum absolute atomic E-state index is 0.183. The van der Waals surface area contributed by atoms with E-state index in [9.17, 15) is 4.79 Å². The predicted octanol–water partition coefficient (Wildman–Crippen LogP) is 5.43. The van der Waals surface area contributed by atoms with E-state index in [0.717, 1.165) is 0 Å². The van der Waals surface area contributed by atoms with Gasteiger partial charge in [0.25, 0.3) is 5.91 Å². The Morgan fingerprint density at radius 1 is 0.920 bits per heavy atom. The van der Waals surface area contributed by atoms with Gasteiger partial charge in [-0.25, -0.2) is 9.97 Å². The molecule has 25 heavy (non-hydrogen) atoms. The molecule has 1 amide bonds. The van der Waals surface area contributed by atoms with Gasteiger partial charge in [0.15, 0.2) is 0 Å². The van der Waals surface area contributed by atoms with E-state index in [4.69, 9.17) is 34.8 Å². The van der Waals surface area contributed by atoms with Crippen LogP contribution in [0.25, 0.3) is 0 Å². The first kappa shape index (κ1) is 17.5. The molecule has 3 aromatic rings. The van der Waals surface area contributed by atoms with E-state index in [0.29, 0.717) is 26.4 Å². The first-order valence-corrected chi connectivity index (χ1v) is 8.27. The summed E-state index contributed by atoms with van der Waals surface area (Å²) in [5.41, 5.74) is 1.26. The van der Waals surface area contributed by atoms with Crippen molar-refractivity contribution < 1.29 is 4.79 Å². The Morgan fingerprint density at radius 2 is 1.72 bits per heavy atom. The molecule has 0 saturated carbocycles. The summed E-state index contributed by atoms with van der Waals surface area (Å²) in [5.74, 6) is -0.170. The van der Waals surface area contributed by atoms with Gasteiger partial charge in [0.05, 0.1) is 21.4 Å². The molecule has 126 valence electrons. The van der Waals surface area contributed by atoms with Gasteiger partial charge in [-0.2, -0.15) is 0 Å². The van der Waals surface area contributed by atoms with Crippen LogP contribution in [0.15, 0.2) is 54.7 Å². The van der Waals surface area contributed by atoms with E-state index < -0.39 is 5.91 Å². The number of benzene rings is 2.